The Kier molecular flexibility index (Phi) is 8.88. The van der Waals surface area contributed by atoms with Crippen LogP contribution < -0.4 is 0 Å². The van der Waals surface area contributed by atoms with Crippen molar-refractivity contribution in [3.63, 3.8) is 0 Å². The van der Waals surface area contributed by atoms with Gasteiger partial charge < -0.3 is 4.55 Å². The van der Waals surface area contributed by atoms with Gasteiger partial charge in [0, 0.05) is 16.5 Å². The minimum absolute atomic E-state index is 0.0658. The first-order chi connectivity index (χ1) is 11.9. The van der Waals surface area contributed by atoms with Crippen LogP contribution >= 0.6 is 0 Å². The number of nitrogens with zero attached hydrogens (tertiary/aromatic N) is 1. The molecule has 1 aromatic carbocycles. The highest BCUT2D eigenvalue weighted by Gasteiger charge is 2.24. The molecule has 148 valence electrons. The maximum Gasteiger partial charge on any atom is 0.188 e. The summed E-state index contributed by atoms with van der Waals surface area (Å²) in [5.74, 6) is 1.67. The second-order valence-corrected chi connectivity index (χ2v) is 11.0. The van der Waals surface area contributed by atoms with Gasteiger partial charge in [-0.3, -0.25) is 0 Å². The first-order valence-corrected chi connectivity index (χ1v) is 11.1. The molecule has 0 spiro atoms. The van der Waals surface area contributed by atoms with Crippen molar-refractivity contribution in [1.82, 2.24) is 0 Å². The topological polar surface area (TPSA) is 35.4 Å². The summed E-state index contributed by atoms with van der Waals surface area (Å²) in [4.78, 5) is 0.959. The summed E-state index contributed by atoms with van der Waals surface area (Å²) in [6.45, 7) is 19.7. The summed E-state index contributed by atoms with van der Waals surface area (Å²) in [5.41, 5.74) is 3.74. The number of hydrogen-bond acceptors (Lipinski definition) is 2. The first kappa shape index (κ1) is 23.2. The number of hydrogen-bond donors (Lipinski definition) is 0. The smallest absolute Gasteiger partial charge is 0.188 e. The summed E-state index contributed by atoms with van der Waals surface area (Å²) >= 11 is -1.34. The van der Waals surface area contributed by atoms with E-state index in [9.17, 15) is 4.55 Å². The Balaban J connectivity index is 3.46. The zero-order chi connectivity index (χ0) is 20.1. The molecule has 1 atom stereocenters. The average molecular weight is 378 g/mol. The third-order valence-electron chi connectivity index (χ3n) is 3.91. The Bertz CT molecular complexity index is 566. The van der Waals surface area contributed by atoms with Crippen molar-refractivity contribution in [2.24, 2.45) is 27.6 Å². The zero-order valence-electron chi connectivity index (χ0n) is 18.3. The quantitative estimate of drug-likeness (QED) is 0.380. The van der Waals surface area contributed by atoms with E-state index in [0.29, 0.717) is 17.8 Å². The highest BCUT2D eigenvalue weighted by molar-refractivity contribution is 7.90. The van der Waals surface area contributed by atoms with Crippen LogP contribution in [0.5, 0.6) is 0 Å². The molecule has 1 rings (SSSR count). The predicted molar refractivity (Wildman–Crippen MR) is 116 cm³/mol. The fourth-order valence-electron chi connectivity index (χ4n) is 3.08. The predicted octanol–water partition coefficient (Wildman–Crippen LogP) is 6.42. The Hall–Kier alpha value is -0.800. The van der Waals surface area contributed by atoms with Crippen molar-refractivity contribution in [3.8, 4) is 0 Å². The van der Waals surface area contributed by atoms with Gasteiger partial charge in [0.05, 0.1) is 6.21 Å². The SMILES string of the molecule is CC(C)Cc1cc(CC(C)C)c([S+]([O-])N=CC(C)(C)C)c(CC(C)C)c1. The van der Waals surface area contributed by atoms with Crippen LogP contribution in [0.15, 0.2) is 21.4 Å². The van der Waals surface area contributed by atoms with Crippen molar-refractivity contribution >= 4 is 17.6 Å². The van der Waals surface area contributed by atoms with Crippen LogP contribution in [0.1, 0.15) is 79.0 Å². The lowest BCUT2D eigenvalue weighted by Gasteiger charge is -2.19. The molecule has 0 fully saturated rings. The van der Waals surface area contributed by atoms with Gasteiger partial charge >= 0.3 is 0 Å². The molecular formula is C23H39NOS. The molecule has 0 aliphatic rings. The summed E-state index contributed by atoms with van der Waals surface area (Å²) < 4.78 is 17.6. The van der Waals surface area contributed by atoms with Crippen LogP contribution in [0.3, 0.4) is 0 Å². The first-order valence-electron chi connectivity index (χ1n) is 10.0. The lowest BCUT2D eigenvalue weighted by atomic mass is 9.91. The van der Waals surface area contributed by atoms with Crippen LogP contribution in [-0.2, 0) is 30.6 Å². The molecule has 1 aromatic rings. The maximum absolute atomic E-state index is 13.1. The molecule has 26 heavy (non-hydrogen) atoms. The van der Waals surface area contributed by atoms with Crippen LogP contribution in [-0.4, -0.2) is 10.8 Å². The lowest BCUT2D eigenvalue weighted by Crippen LogP contribution is -2.14. The average Bonchev–Trinajstić information content (AvgIpc) is 2.41. The summed E-state index contributed by atoms with van der Waals surface area (Å²) in [5, 5.41) is 0. The van der Waals surface area contributed by atoms with E-state index in [0.717, 1.165) is 24.2 Å². The Morgan fingerprint density at radius 1 is 0.885 bits per heavy atom. The standard InChI is InChI=1S/C23H39NOS/c1-16(2)10-19-13-20(11-17(3)4)22(21(14-19)12-18(5)6)26(25)24-15-23(7,8)9/h13-18H,10-12H2,1-9H3. The van der Waals surface area contributed by atoms with Gasteiger partial charge in [0.15, 0.2) is 4.90 Å². The van der Waals surface area contributed by atoms with E-state index in [4.69, 9.17) is 0 Å². The fourth-order valence-corrected chi connectivity index (χ4v) is 4.33. The Morgan fingerprint density at radius 2 is 1.31 bits per heavy atom. The summed E-state index contributed by atoms with van der Waals surface area (Å²) in [6.07, 6.45) is 4.80. The number of rotatable bonds is 8. The monoisotopic (exact) mass is 377 g/mol. The van der Waals surface area contributed by atoms with Gasteiger partial charge in [-0.2, -0.15) is 0 Å². The van der Waals surface area contributed by atoms with Gasteiger partial charge in [0.1, 0.15) is 11.4 Å². The minimum atomic E-state index is -1.34. The highest BCUT2D eigenvalue weighted by Crippen LogP contribution is 2.30. The molecule has 0 N–H and O–H groups in total. The summed E-state index contributed by atoms with van der Waals surface area (Å²) in [6, 6.07) is 4.56. The second-order valence-electron chi connectivity index (χ2n) is 9.89. The van der Waals surface area contributed by atoms with E-state index in [1.807, 2.05) is 6.21 Å². The van der Waals surface area contributed by atoms with Gasteiger partial charge in [-0.05, 0) is 42.6 Å². The molecule has 3 heteroatoms. The third-order valence-corrected chi connectivity index (χ3v) is 5.08. The molecule has 0 saturated carbocycles. The van der Waals surface area contributed by atoms with E-state index < -0.39 is 11.4 Å². The van der Waals surface area contributed by atoms with E-state index >= 15 is 0 Å². The van der Waals surface area contributed by atoms with Gasteiger partial charge in [-0.1, -0.05) is 78.8 Å². The molecule has 0 saturated heterocycles. The molecule has 1 unspecified atom stereocenters. The molecule has 0 aliphatic heterocycles. The normalized spacial score (nSPS) is 14.2. The Morgan fingerprint density at radius 3 is 1.65 bits per heavy atom. The maximum atomic E-state index is 13.1. The van der Waals surface area contributed by atoms with Crippen LogP contribution in [0, 0.1) is 23.2 Å². The second kappa shape index (κ2) is 9.94. The molecule has 0 bridgehead atoms. The van der Waals surface area contributed by atoms with Crippen molar-refractivity contribution in [2.45, 2.75) is 86.5 Å². The van der Waals surface area contributed by atoms with Crippen molar-refractivity contribution in [1.29, 1.82) is 0 Å². The minimum Gasteiger partial charge on any atom is -0.586 e. The molecule has 2 nitrogen and oxygen atoms in total. The van der Waals surface area contributed by atoms with E-state index in [-0.39, 0.29) is 5.41 Å². The van der Waals surface area contributed by atoms with Crippen LogP contribution in [0.2, 0.25) is 0 Å². The van der Waals surface area contributed by atoms with E-state index in [1.165, 1.54) is 16.7 Å². The zero-order valence-corrected chi connectivity index (χ0v) is 19.2. The third kappa shape index (κ3) is 8.26. The van der Waals surface area contributed by atoms with Crippen LogP contribution in [0.25, 0.3) is 0 Å². The number of benzene rings is 1. The van der Waals surface area contributed by atoms with Crippen molar-refractivity contribution in [3.05, 3.63) is 28.8 Å². The van der Waals surface area contributed by atoms with Gasteiger partial charge in [-0.15, -0.1) is 0 Å². The summed E-state index contributed by atoms with van der Waals surface area (Å²) in [7, 11) is 0. The molecule has 0 aromatic heterocycles. The fraction of sp³-hybridized carbons (Fsp3) is 0.696. The van der Waals surface area contributed by atoms with E-state index in [1.54, 1.807) is 0 Å². The van der Waals surface area contributed by atoms with Crippen molar-refractivity contribution in [2.75, 3.05) is 0 Å². The van der Waals surface area contributed by atoms with Gasteiger partial charge in [-0.25, -0.2) is 0 Å². The Labute approximate surface area is 165 Å². The molecule has 0 amide bonds. The molecular weight excluding hydrogens is 338 g/mol. The van der Waals surface area contributed by atoms with Gasteiger partial charge in [0.2, 0.25) is 0 Å². The van der Waals surface area contributed by atoms with Crippen molar-refractivity contribution < 1.29 is 4.55 Å². The van der Waals surface area contributed by atoms with Gasteiger partial charge in [0.25, 0.3) is 0 Å². The largest absolute Gasteiger partial charge is 0.586 e. The molecule has 0 aliphatic carbocycles. The lowest BCUT2D eigenvalue weighted by molar-refractivity contribution is 0.577. The molecule has 0 heterocycles. The molecule has 0 radical (unpaired) electrons. The highest BCUT2D eigenvalue weighted by atomic mass is 32.2. The van der Waals surface area contributed by atoms with E-state index in [2.05, 4.69) is 78.8 Å². The van der Waals surface area contributed by atoms with Crippen LogP contribution in [0.4, 0.5) is 0 Å².